The predicted octanol–water partition coefficient (Wildman–Crippen LogP) is 7.68. The van der Waals surface area contributed by atoms with E-state index in [1.54, 1.807) is 38.1 Å². The van der Waals surface area contributed by atoms with Crippen molar-refractivity contribution in [2.75, 3.05) is 91.7 Å². The quantitative estimate of drug-likeness (QED) is 0.0283. The van der Waals surface area contributed by atoms with Crippen LogP contribution in [0.4, 0.5) is 5.69 Å². The molecule has 0 fully saturated rings. The number of carboxylic acid groups (broad SMARTS) is 1. The minimum absolute atomic E-state index is 0.0316. The number of aromatic nitrogens is 1. The molecule has 6 rings (SSSR count). The van der Waals surface area contributed by atoms with E-state index in [-0.39, 0.29) is 16.2 Å². The number of allylic oxidation sites excluding steroid dienone is 5. The molecule has 1 aromatic heterocycles. The second kappa shape index (κ2) is 26.3. The number of methoxy groups -OCH3 is 2. The van der Waals surface area contributed by atoms with Crippen molar-refractivity contribution in [2.45, 2.75) is 58.2 Å². The molecule has 3 N–H and O–H groups in total. The summed E-state index contributed by atoms with van der Waals surface area (Å²) in [5.41, 5.74) is 4.64. The Balaban J connectivity index is 1.34. The monoisotopic (exact) mass is 1030 g/mol. The summed E-state index contributed by atoms with van der Waals surface area (Å²) in [6.45, 7) is 5.16. The number of ether oxygens (including phenoxy) is 6. The molecule has 3 aromatic carbocycles. The first-order valence-corrected chi connectivity index (χ1v) is 27.2. The van der Waals surface area contributed by atoms with Gasteiger partial charge in [-0.25, -0.2) is 0 Å². The lowest BCUT2D eigenvalue weighted by Gasteiger charge is -2.22. The van der Waals surface area contributed by atoms with E-state index in [4.69, 9.17) is 28.4 Å². The van der Waals surface area contributed by atoms with Gasteiger partial charge in [0.1, 0.15) is 11.3 Å². The highest BCUT2D eigenvalue weighted by Crippen LogP contribution is 2.48. The standard InChI is InChI=1S/C47H56N2O14S5/c1-58-24-26-62-30-28-60-22-20-48-40-15-13-38(67(52,53)54)32-42(40)65-44(48)17-9-35-4-3-5-36(47(35)64-37-11-6-34(7-12-37)8-19-46(50)51)10-18-45-49(21-23-61-29-31-63-27-25-59-2)41-16-14-39(68(55,56)57)33-43(41)66-45/h6-7,9-18,32-33H,3-5,8,19-31H2,1-2H3,(H2-,50,51,52,53,54,55,56,57)/p+1. The molecular formula is C47H57N2O14S5+. The molecule has 1 aliphatic carbocycles. The van der Waals surface area contributed by atoms with Gasteiger partial charge in [0.25, 0.3) is 25.2 Å². The van der Waals surface area contributed by atoms with Crippen molar-refractivity contribution in [3.8, 4) is 0 Å². The molecule has 368 valence electrons. The molecule has 0 saturated heterocycles. The fourth-order valence-electron chi connectivity index (χ4n) is 7.23. The van der Waals surface area contributed by atoms with Crippen LogP contribution in [0.5, 0.6) is 0 Å². The van der Waals surface area contributed by atoms with Gasteiger partial charge in [-0.3, -0.25) is 13.9 Å². The Kier molecular flexibility index (Phi) is 20.7. The fraction of sp³-hybridized carbons (Fsp3) is 0.404. The number of thiazole rings is 1. The number of hydrogen-bond donors (Lipinski definition) is 3. The van der Waals surface area contributed by atoms with Crippen LogP contribution < -0.4 is 9.47 Å². The number of fused-ring (bicyclic) bond motifs is 2. The number of carbonyl (C=O) groups is 1. The Morgan fingerprint density at radius 3 is 2.06 bits per heavy atom. The van der Waals surface area contributed by atoms with Crippen LogP contribution in [0.3, 0.4) is 0 Å². The topological polar surface area (TPSA) is 209 Å². The molecule has 0 bridgehead atoms. The van der Waals surface area contributed by atoms with Crippen molar-refractivity contribution in [1.29, 1.82) is 0 Å². The van der Waals surface area contributed by atoms with Crippen molar-refractivity contribution >= 4 is 83.0 Å². The average Bonchev–Trinajstić information content (AvgIpc) is 3.85. The van der Waals surface area contributed by atoms with E-state index in [9.17, 15) is 35.8 Å². The number of aliphatic carboxylic acids is 1. The molecule has 21 heteroatoms. The Morgan fingerprint density at radius 2 is 1.40 bits per heavy atom. The molecule has 0 saturated carbocycles. The number of rotatable bonds is 28. The third kappa shape index (κ3) is 15.8. The number of nitrogens with zero attached hydrogens (tertiary/aromatic N) is 2. The smallest absolute Gasteiger partial charge is 0.303 e. The van der Waals surface area contributed by atoms with Crippen LogP contribution in [-0.2, 0) is 66.4 Å². The molecule has 0 amide bonds. The van der Waals surface area contributed by atoms with E-state index >= 15 is 0 Å². The van der Waals surface area contributed by atoms with E-state index < -0.39 is 26.2 Å². The van der Waals surface area contributed by atoms with Gasteiger partial charge in [0, 0.05) is 54.0 Å². The van der Waals surface area contributed by atoms with Gasteiger partial charge in [-0.2, -0.15) is 21.4 Å². The lowest BCUT2D eigenvalue weighted by molar-refractivity contribution is -0.670. The van der Waals surface area contributed by atoms with E-state index in [0.29, 0.717) is 95.2 Å². The van der Waals surface area contributed by atoms with Crippen LogP contribution in [0, 0.1) is 0 Å². The molecule has 16 nitrogen and oxygen atoms in total. The van der Waals surface area contributed by atoms with Crippen molar-refractivity contribution in [3.63, 3.8) is 0 Å². The fourth-order valence-corrected chi connectivity index (χ4v) is 11.8. The van der Waals surface area contributed by atoms with E-state index in [1.165, 1.54) is 47.4 Å². The van der Waals surface area contributed by atoms with Crippen molar-refractivity contribution in [1.82, 2.24) is 0 Å². The zero-order chi connectivity index (χ0) is 48.5. The van der Waals surface area contributed by atoms with Gasteiger partial charge in [0.15, 0.2) is 6.54 Å². The highest BCUT2D eigenvalue weighted by atomic mass is 32.2. The summed E-state index contributed by atoms with van der Waals surface area (Å²) >= 11 is 4.41. The maximum absolute atomic E-state index is 12.1. The number of aryl methyl sites for hydroxylation is 1. The zero-order valence-electron chi connectivity index (χ0n) is 37.9. The Labute approximate surface area is 410 Å². The average molecular weight is 1030 g/mol. The number of anilines is 1. The van der Waals surface area contributed by atoms with E-state index in [1.807, 2.05) is 36.4 Å². The van der Waals surface area contributed by atoms with E-state index in [0.717, 1.165) is 67.0 Å². The van der Waals surface area contributed by atoms with Crippen molar-refractivity contribution in [3.05, 3.63) is 111 Å². The van der Waals surface area contributed by atoms with Crippen LogP contribution in [0.1, 0.15) is 36.3 Å². The second-order valence-corrected chi connectivity index (χ2v) is 21.4. The lowest BCUT2D eigenvalue weighted by atomic mass is 9.94. The Hall–Kier alpha value is -3.94. The maximum atomic E-state index is 12.1. The molecule has 2 aliphatic rings. The summed E-state index contributed by atoms with van der Waals surface area (Å²) in [6.07, 6.45) is 11.1. The van der Waals surface area contributed by atoms with Crippen molar-refractivity contribution < 1.29 is 68.8 Å². The number of benzene rings is 3. The van der Waals surface area contributed by atoms with Crippen molar-refractivity contribution in [2.24, 2.45) is 0 Å². The summed E-state index contributed by atoms with van der Waals surface area (Å²) in [6, 6.07) is 17.0. The molecule has 1 aliphatic heterocycles. The normalized spacial score (nSPS) is 15.7. The number of hydrogen-bond acceptors (Lipinski definition) is 15. The maximum Gasteiger partial charge on any atom is 0.303 e. The van der Waals surface area contributed by atoms with Crippen LogP contribution >= 0.6 is 34.9 Å². The van der Waals surface area contributed by atoms with Gasteiger partial charge >= 0.3 is 5.97 Å². The van der Waals surface area contributed by atoms with E-state index in [2.05, 4.69) is 21.6 Å². The molecule has 0 spiro atoms. The van der Waals surface area contributed by atoms with Gasteiger partial charge in [-0.15, -0.1) is 0 Å². The molecule has 0 unspecified atom stereocenters. The van der Waals surface area contributed by atoms with Gasteiger partial charge < -0.3 is 38.4 Å². The van der Waals surface area contributed by atoms with Gasteiger partial charge in [0.2, 0.25) is 5.52 Å². The minimum Gasteiger partial charge on any atom is -0.481 e. The Morgan fingerprint density at radius 1 is 0.765 bits per heavy atom. The lowest BCUT2D eigenvalue weighted by Crippen LogP contribution is -2.37. The molecule has 0 atom stereocenters. The summed E-state index contributed by atoms with van der Waals surface area (Å²) in [5, 5.41) is 10.9. The summed E-state index contributed by atoms with van der Waals surface area (Å²) in [7, 11) is -5.64. The van der Waals surface area contributed by atoms with Crippen LogP contribution in [0.15, 0.2) is 120 Å². The molecule has 2 heterocycles. The first kappa shape index (κ1) is 53.4. The third-order valence-electron chi connectivity index (χ3n) is 10.6. The number of carboxylic acids is 1. The predicted molar refractivity (Wildman–Crippen MR) is 263 cm³/mol. The first-order chi connectivity index (χ1) is 32.7. The number of thioether (sulfide) groups is 2. The van der Waals surface area contributed by atoms with Gasteiger partial charge in [-0.05, 0) is 90.9 Å². The highest BCUT2D eigenvalue weighted by Gasteiger charge is 2.28. The summed E-state index contributed by atoms with van der Waals surface area (Å²) in [5.74, 6) is -0.859. The van der Waals surface area contributed by atoms with Crippen LogP contribution in [-0.4, -0.2) is 124 Å². The molecule has 4 aromatic rings. The summed E-state index contributed by atoms with van der Waals surface area (Å²) < 4.78 is 104. The second-order valence-electron chi connectivity index (χ2n) is 15.4. The minimum atomic E-state index is -4.43. The van der Waals surface area contributed by atoms with Crippen LogP contribution in [0.25, 0.3) is 16.3 Å². The Bertz CT molecular complexity index is 2700. The zero-order valence-corrected chi connectivity index (χ0v) is 42.0. The van der Waals surface area contributed by atoms with Gasteiger partial charge in [-0.1, -0.05) is 59.1 Å². The SMILES string of the molecule is COCCOCCOCCN1/C(=C/C=C2\CCCC(/C=C/c3sc4cc(S(=O)(=O)O)ccc4[n+]3CCOCCOCCOC)=C2Sc2ccc(CCC(=O)O)cc2)Sc2cc(S(=O)(=O)O)ccc21. The van der Waals surface area contributed by atoms with Gasteiger partial charge in [0.05, 0.1) is 80.0 Å². The molecular weight excluding hydrogens is 977 g/mol. The molecule has 0 radical (unpaired) electrons. The largest absolute Gasteiger partial charge is 0.481 e. The molecule has 68 heavy (non-hydrogen) atoms. The first-order valence-electron chi connectivity index (χ1n) is 21.9. The highest BCUT2D eigenvalue weighted by molar-refractivity contribution is 8.04. The third-order valence-corrected chi connectivity index (χ3v) is 15.8. The van der Waals surface area contributed by atoms with Crippen LogP contribution in [0.2, 0.25) is 0 Å². The summed E-state index contributed by atoms with van der Waals surface area (Å²) in [4.78, 5) is 15.6.